The summed E-state index contributed by atoms with van der Waals surface area (Å²) in [6.45, 7) is 6.05. The summed E-state index contributed by atoms with van der Waals surface area (Å²) in [5, 5.41) is 3.51. The summed E-state index contributed by atoms with van der Waals surface area (Å²) >= 11 is 6.07. The van der Waals surface area contributed by atoms with Gasteiger partial charge in [0, 0.05) is 17.6 Å². The van der Waals surface area contributed by atoms with Crippen LogP contribution in [0.5, 0.6) is 5.75 Å². The van der Waals surface area contributed by atoms with Gasteiger partial charge in [0.15, 0.2) is 0 Å². The van der Waals surface area contributed by atoms with E-state index in [2.05, 4.69) is 5.32 Å². The minimum atomic E-state index is -0.560. The molecular formula is C23H29ClN2O3. The standard InChI is InChI=1S/C23H29ClN2O3/c1-5-21(23(28)25-16(2)3)26(15-18-9-7-11-20(13-18)29-4)22(27)14-17-8-6-10-19(24)12-17/h6-13,16,21H,5,14-15H2,1-4H3,(H,25,28)/t21-/m1/s1. The monoisotopic (exact) mass is 416 g/mol. The van der Waals surface area contributed by atoms with Crippen molar-refractivity contribution in [1.29, 1.82) is 0 Å². The molecule has 1 N–H and O–H groups in total. The maximum Gasteiger partial charge on any atom is 0.243 e. The predicted molar refractivity (Wildman–Crippen MR) is 116 cm³/mol. The fourth-order valence-corrected chi connectivity index (χ4v) is 3.40. The first-order valence-corrected chi connectivity index (χ1v) is 10.2. The molecule has 5 nitrogen and oxygen atoms in total. The number of ether oxygens (including phenoxy) is 1. The molecule has 0 aliphatic carbocycles. The number of carbonyl (C=O) groups excluding carboxylic acids is 2. The lowest BCUT2D eigenvalue weighted by molar-refractivity contribution is -0.141. The van der Waals surface area contributed by atoms with E-state index in [1.54, 1.807) is 24.1 Å². The Balaban J connectivity index is 2.31. The van der Waals surface area contributed by atoms with E-state index >= 15 is 0 Å². The number of hydrogen-bond donors (Lipinski definition) is 1. The molecule has 0 spiro atoms. The Bertz CT molecular complexity index is 838. The van der Waals surface area contributed by atoms with Gasteiger partial charge in [-0.2, -0.15) is 0 Å². The van der Waals surface area contributed by atoms with Gasteiger partial charge in [0.1, 0.15) is 11.8 Å². The zero-order valence-corrected chi connectivity index (χ0v) is 18.2. The van der Waals surface area contributed by atoms with Crippen LogP contribution in [-0.4, -0.2) is 35.9 Å². The van der Waals surface area contributed by atoms with Gasteiger partial charge in [-0.1, -0.05) is 42.8 Å². The largest absolute Gasteiger partial charge is 0.497 e. The van der Waals surface area contributed by atoms with Crippen molar-refractivity contribution >= 4 is 23.4 Å². The molecule has 1 atom stereocenters. The third-order valence-electron chi connectivity index (χ3n) is 4.55. The average Bonchev–Trinajstić information content (AvgIpc) is 2.67. The van der Waals surface area contributed by atoms with Gasteiger partial charge in [0.2, 0.25) is 11.8 Å². The van der Waals surface area contributed by atoms with Crippen LogP contribution in [0.2, 0.25) is 5.02 Å². The van der Waals surface area contributed by atoms with Gasteiger partial charge in [0.25, 0.3) is 0 Å². The fraction of sp³-hybridized carbons (Fsp3) is 0.391. The highest BCUT2D eigenvalue weighted by Crippen LogP contribution is 2.19. The Labute approximate surface area is 178 Å². The molecule has 6 heteroatoms. The second-order valence-corrected chi connectivity index (χ2v) is 7.70. The van der Waals surface area contributed by atoms with E-state index in [1.165, 1.54) is 0 Å². The van der Waals surface area contributed by atoms with Crippen LogP contribution in [0.3, 0.4) is 0 Å². The Kier molecular flexibility index (Phi) is 8.52. The van der Waals surface area contributed by atoms with Crippen LogP contribution in [0.4, 0.5) is 0 Å². The van der Waals surface area contributed by atoms with E-state index in [0.717, 1.165) is 11.1 Å². The van der Waals surface area contributed by atoms with Gasteiger partial charge in [-0.25, -0.2) is 0 Å². The van der Waals surface area contributed by atoms with Gasteiger partial charge >= 0.3 is 0 Å². The van der Waals surface area contributed by atoms with Crippen molar-refractivity contribution < 1.29 is 14.3 Å². The SMILES string of the molecule is CC[C@H](C(=O)NC(C)C)N(Cc1cccc(OC)c1)C(=O)Cc1cccc(Cl)c1. The van der Waals surface area contributed by atoms with Gasteiger partial charge < -0.3 is 15.0 Å². The molecule has 2 amide bonds. The summed E-state index contributed by atoms with van der Waals surface area (Å²) in [5.74, 6) is 0.440. The van der Waals surface area contributed by atoms with E-state index in [0.29, 0.717) is 23.7 Å². The van der Waals surface area contributed by atoms with Crippen LogP contribution >= 0.6 is 11.6 Å². The topological polar surface area (TPSA) is 58.6 Å². The third kappa shape index (κ3) is 6.79. The van der Waals surface area contributed by atoms with Crippen LogP contribution in [0, 0.1) is 0 Å². The van der Waals surface area contributed by atoms with E-state index in [-0.39, 0.29) is 24.3 Å². The maximum absolute atomic E-state index is 13.2. The Morgan fingerprint density at radius 2 is 1.79 bits per heavy atom. The molecule has 29 heavy (non-hydrogen) atoms. The first-order valence-electron chi connectivity index (χ1n) is 9.81. The first-order chi connectivity index (χ1) is 13.8. The highest BCUT2D eigenvalue weighted by atomic mass is 35.5. The lowest BCUT2D eigenvalue weighted by Crippen LogP contribution is -2.50. The van der Waals surface area contributed by atoms with Crippen molar-refractivity contribution in [1.82, 2.24) is 10.2 Å². The van der Waals surface area contributed by atoms with Gasteiger partial charge in [-0.15, -0.1) is 0 Å². The highest BCUT2D eigenvalue weighted by Gasteiger charge is 2.29. The average molecular weight is 417 g/mol. The third-order valence-corrected chi connectivity index (χ3v) is 4.78. The van der Waals surface area contributed by atoms with Crippen molar-refractivity contribution in [2.45, 2.75) is 52.2 Å². The van der Waals surface area contributed by atoms with Crippen LogP contribution in [0.25, 0.3) is 0 Å². The normalized spacial score (nSPS) is 11.8. The Morgan fingerprint density at radius 1 is 1.10 bits per heavy atom. The summed E-state index contributed by atoms with van der Waals surface area (Å²) in [6.07, 6.45) is 0.694. The van der Waals surface area contributed by atoms with Crippen molar-refractivity contribution in [2.75, 3.05) is 7.11 Å². The van der Waals surface area contributed by atoms with Gasteiger partial charge in [-0.3, -0.25) is 9.59 Å². The molecule has 0 unspecified atom stereocenters. The molecule has 0 heterocycles. The quantitative estimate of drug-likeness (QED) is 0.665. The summed E-state index contributed by atoms with van der Waals surface area (Å²) in [4.78, 5) is 27.7. The molecule has 0 radical (unpaired) electrons. The minimum Gasteiger partial charge on any atom is -0.497 e. The first kappa shape index (κ1) is 22.8. The number of methoxy groups -OCH3 is 1. The van der Waals surface area contributed by atoms with Crippen LogP contribution in [0.15, 0.2) is 48.5 Å². The molecule has 0 bridgehead atoms. The van der Waals surface area contributed by atoms with Crippen molar-refractivity contribution in [3.63, 3.8) is 0 Å². The molecule has 0 aliphatic heterocycles. The molecule has 0 fully saturated rings. The van der Waals surface area contributed by atoms with Crippen LogP contribution in [0.1, 0.15) is 38.3 Å². The molecule has 2 aromatic carbocycles. The summed E-state index contributed by atoms with van der Waals surface area (Å²) in [5.41, 5.74) is 1.72. The van der Waals surface area contributed by atoms with Gasteiger partial charge in [0.05, 0.1) is 13.5 Å². The van der Waals surface area contributed by atoms with E-state index < -0.39 is 6.04 Å². The number of amides is 2. The van der Waals surface area contributed by atoms with Crippen molar-refractivity contribution in [3.05, 3.63) is 64.7 Å². The Hall–Kier alpha value is -2.53. The van der Waals surface area contributed by atoms with Crippen LogP contribution in [-0.2, 0) is 22.6 Å². The molecule has 2 aromatic rings. The minimum absolute atomic E-state index is 0.00162. The second kappa shape index (κ2) is 10.9. The zero-order valence-electron chi connectivity index (χ0n) is 17.4. The lowest BCUT2D eigenvalue weighted by atomic mass is 10.1. The van der Waals surface area contributed by atoms with E-state index in [1.807, 2.05) is 57.2 Å². The molecule has 0 saturated carbocycles. The number of rotatable bonds is 9. The number of halogens is 1. The van der Waals surface area contributed by atoms with E-state index in [9.17, 15) is 9.59 Å². The molecular weight excluding hydrogens is 388 g/mol. The van der Waals surface area contributed by atoms with Crippen LogP contribution < -0.4 is 10.1 Å². The summed E-state index contributed by atoms with van der Waals surface area (Å²) in [7, 11) is 1.60. The number of nitrogens with one attached hydrogen (secondary N) is 1. The lowest BCUT2D eigenvalue weighted by Gasteiger charge is -2.31. The predicted octanol–water partition coefficient (Wildman–Crippen LogP) is 4.22. The molecule has 0 aliphatic rings. The number of nitrogens with zero attached hydrogens (tertiary/aromatic N) is 1. The molecule has 0 aromatic heterocycles. The fourth-order valence-electron chi connectivity index (χ4n) is 3.19. The smallest absolute Gasteiger partial charge is 0.243 e. The molecule has 2 rings (SSSR count). The molecule has 156 valence electrons. The number of hydrogen-bond acceptors (Lipinski definition) is 3. The summed E-state index contributed by atoms with van der Waals surface area (Å²) in [6, 6.07) is 14.2. The number of benzene rings is 2. The second-order valence-electron chi connectivity index (χ2n) is 7.27. The van der Waals surface area contributed by atoms with Crippen molar-refractivity contribution in [3.8, 4) is 5.75 Å². The maximum atomic E-state index is 13.2. The molecule has 0 saturated heterocycles. The number of carbonyl (C=O) groups is 2. The van der Waals surface area contributed by atoms with E-state index in [4.69, 9.17) is 16.3 Å². The highest BCUT2D eigenvalue weighted by molar-refractivity contribution is 6.30. The summed E-state index contributed by atoms with van der Waals surface area (Å²) < 4.78 is 5.30. The van der Waals surface area contributed by atoms with Crippen molar-refractivity contribution in [2.24, 2.45) is 0 Å². The zero-order chi connectivity index (χ0) is 21.4. The Morgan fingerprint density at radius 3 is 2.41 bits per heavy atom. The van der Waals surface area contributed by atoms with Gasteiger partial charge in [-0.05, 0) is 55.7 Å².